The molecule has 0 aromatic carbocycles. The van der Waals surface area contributed by atoms with E-state index < -0.39 is 0 Å². The first kappa shape index (κ1) is 19.1. The molecule has 0 unspecified atom stereocenters. The summed E-state index contributed by atoms with van der Waals surface area (Å²) < 4.78 is 22.6. The highest BCUT2D eigenvalue weighted by Crippen LogP contribution is 2.26. The number of piperidine rings is 1. The molecule has 0 aromatic heterocycles. The van der Waals surface area contributed by atoms with Crippen LogP contribution in [0.1, 0.15) is 40.5 Å². The van der Waals surface area contributed by atoms with Crippen LogP contribution in [0.15, 0.2) is 0 Å². The van der Waals surface area contributed by atoms with Gasteiger partial charge in [0.05, 0.1) is 45.2 Å². The molecular weight excluding hydrogens is 294 g/mol. The number of ether oxygens (including phenoxy) is 4. The largest absolute Gasteiger partial charge is 0.376 e. The van der Waals surface area contributed by atoms with E-state index in [1.165, 1.54) is 25.9 Å². The van der Waals surface area contributed by atoms with Crippen LogP contribution in [0.4, 0.5) is 0 Å². The third-order valence-electron chi connectivity index (χ3n) is 4.92. The Balaban J connectivity index is 1.56. The van der Waals surface area contributed by atoms with E-state index in [2.05, 4.69) is 18.7 Å². The highest BCUT2D eigenvalue weighted by molar-refractivity contribution is 4.81. The van der Waals surface area contributed by atoms with Crippen LogP contribution in [-0.4, -0.2) is 69.5 Å². The fourth-order valence-corrected chi connectivity index (χ4v) is 3.31. The maximum Gasteiger partial charge on any atom is 0.180 e. The molecule has 136 valence electrons. The third kappa shape index (κ3) is 6.67. The van der Waals surface area contributed by atoms with Gasteiger partial charge in [-0.15, -0.1) is 0 Å². The number of likely N-dealkylation sites (tertiary alicyclic amines) is 1. The van der Waals surface area contributed by atoms with Crippen molar-refractivity contribution in [1.29, 1.82) is 0 Å². The zero-order valence-corrected chi connectivity index (χ0v) is 15.3. The predicted octanol–water partition coefficient (Wildman–Crippen LogP) is 2.54. The standard InChI is InChI=1S/C18H35NO4/c1-14(2)16-5-7-19(8-6-16)17-11-22-18(23-12-17)13-20-9-10-21-15(3)4/h14-18H,5-13H2,1-4H3. The molecule has 0 bridgehead atoms. The van der Waals surface area contributed by atoms with E-state index in [-0.39, 0.29) is 12.4 Å². The second kappa shape index (κ2) is 9.94. The van der Waals surface area contributed by atoms with E-state index in [4.69, 9.17) is 18.9 Å². The first-order valence-corrected chi connectivity index (χ1v) is 9.23. The van der Waals surface area contributed by atoms with Crippen LogP contribution in [0, 0.1) is 11.8 Å². The van der Waals surface area contributed by atoms with E-state index in [1.807, 2.05) is 13.8 Å². The van der Waals surface area contributed by atoms with Gasteiger partial charge in [0, 0.05) is 0 Å². The first-order valence-electron chi connectivity index (χ1n) is 9.23. The normalized spacial score (nSPS) is 27.9. The van der Waals surface area contributed by atoms with Gasteiger partial charge in [0.1, 0.15) is 0 Å². The lowest BCUT2D eigenvalue weighted by Gasteiger charge is -2.41. The molecule has 0 atom stereocenters. The van der Waals surface area contributed by atoms with Gasteiger partial charge >= 0.3 is 0 Å². The number of hydrogen-bond acceptors (Lipinski definition) is 5. The van der Waals surface area contributed by atoms with Gasteiger partial charge in [-0.3, -0.25) is 4.90 Å². The predicted molar refractivity (Wildman–Crippen MR) is 90.5 cm³/mol. The lowest BCUT2D eigenvalue weighted by Crippen LogP contribution is -2.51. The topological polar surface area (TPSA) is 40.2 Å². The van der Waals surface area contributed by atoms with Gasteiger partial charge in [-0.25, -0.2) is 0 Å². The minimum absolute atomic E-state index is 0.224. The molecule has 2 rings (SSSR count). The van der Waals surface area contributed by atoms with Crippen molar-refractivity contribution in [2.45, 2.75) is 59.0 Å². The highest BCUT2D eigenvalue weighted by Gasteiger charge is 2.30. The molecule has 23 heavy (non-hydrogen) atoms. The molecule has 2 fully saturated rings. The number of hydrogen-bond donors (Lipinski definition) is 0. The molecule has 5 nitrogen and oxygen atoms in total. The summed E-state index contributed by atoms with van der Waals surface area (Å²) in [5.41, 5.74) is 0. The molecule has 2 aliphatic heterocycles. The molecule has 0 saturated carbocycles. The molecule has 0 aliphatic carbocycles. The summed E-state index contributed by atoms with van der Waals surface area (Å²) in [4.78, 5) is 2.53. The lowest BCUT2D eigenvalue weighted by molar-refractivity contribution is -0.226. The fourth-order valence-electron chi connectivity index (χ4n) is 3.31. The minimum Gasteiger partial charge on any atom is -0.376 e. The molecule has 2 aliphatic rings. The second-order valence-corrected chi connectivity index (χ2v) is 7.36. The summed E-state index contributed by atoms with van der Waals surface area (Å²) in [6.45, 7) is 14.3. The molecule has 0 aromatic rings. The van der Waals surface area contributed by atoms with E-state index in [9.17, 15) is 0 Å². The summed E-state index contributed by atoms with van der Waals surface area (Å²) in [5.74, 6) is 1.68. The van der Waals surface area contributed by atoms with Crippen LogP contribution in [0.5, 0.6) is 0 Å². The van der Waals surface area contributed by atoms with Gasteiger partial charge in [0.25, 0.3) is 0 Å². The van der Waals surface area contributed by atoms with Crippen molar-refractivity contribution in [3.05, 3.63) is 0 Å². The SMILES string of the molecule is CC(C)OCCOCC1OCC(N2CCC(C(C)C)CC2)CO1. The Morgan fingerprint density at radius 3 is 2.22 bits per heavy atom. The van der Waals surface area contributed by atoms with E-state index in [0.29, 0.717) is 25.9 Å². The van der Waals surface area contributed by atoms with E-state index in [1.54, 1.807) is 0 Å². The smallest absolute Gasteiger partial charge is 0.180 e. The van der Waals surface area contributed by atoms with Gasteiger partial charge in [0.2, 0.25) is 0 Å². The lowest BCUT2D eigenvalue weighted by atomic mass is 9.86. The molecule has 0 amide bonds. The summed E-state index contributed by atoms with van der Waals surface area (Å²) in [5, 5.41) is 0. The summed E-state index contributed by atoms with van der Waals surface area (Å²) in [6, 6.07) is 0.406. The van der Waals surface area contributed by atoms with Crippen molar-refractivity contribution in [2.24, 2.45) is 11.8 Å². The molecule has 2 saturated heterocycles. The van der Waals surface area contributed by atoms with Gasteiger partial charge in [-0.1, -0.05) is 13.8 Å². The Kier molecular flexibility index (Phi) is 8.27. The Morgan fingerprint density at radius 2 is 1.65 bits per heavy atom. The van der Waals surface area contributed by atoms with Crippen molar-refractivity contribution in [1.82, 2.24) is 4.90 Å². The molecule has 2 heterocycles. The molecular formula is C18H35NO4. The monoisotopic (exact) mass is 329 g/mol. The van der Waals surface area contributed by atoms with Gasteiger partial charge < -0.3 is 18.9 Å². The van der Waals surface area contributed by atoms with Crippen molar-refractivity contribution < 1.29 is 18.9 Å². The van der Waals surface area contributed by atoms with Gasteiger partial charge in [0.15, 0.2) is 6.29 Å². The molecule has 5 heteroatoms. The van der Waals surface area contributed by atoms with Crippen LogP contribution in [-0.2, 0) is 18.9 Å². The zero-order valence-electron chi connectivity index (χ0n) is 15.3. The Morgan fingerprint density at radius 1 is 1.00 bits per heavy atom. The average Bonchev–Trinajstić information content (AvgIpc) is 2.55. The van der Waals surface area contributed by atoms with E-state index >= 15 is 0 Å². The van der Waals surface area contributed by atoms with E-state index in [0.717, 1.165) is 25.0 Å². The molecule has 0 N–H and O–H groups in total. The number of rotatable bonds is 8. The summed E-state index contributed by atoms with van der Waals surface area (Å²) in [6.07, 6.45) is 2.63. The van der Waals surface area contributed by atoms with Crippen molar-refractivity contribution in [2.75, 3.05) is 46.1 Å². The quantitative estimate of drug-likeness (QED) is 0.640. The van der Waals surface area contributed by atoms with Crippen LogP contribution in [0.2, 0.25) is 0 Å². The first-order chi connectivity index (χ1) is 11.1. The average molecular weight is 329 g/mol. The Bertz CT molecular complexity index is 308. The van der Waals surface area contributed by atoms with Gasteiger partial charge in [-0.2, -0.15) is 0 Å². The van der Waals surface area contributed by atoms with Crippen molar-refractivity contribution in [3.63, 3.8) is 0 Å². The second-order valence-electron chi connectivity index (χ2n) is 7.36. The Hall–Kier alpha value is -0.200. The maximum absolute atomic E-state index is 5.82. The maximum atomic E-state index is 5.82. The summed E-state index contributed by atoms with van der Waals surface area (Å²) in [7, 11) is 0. The third-order valence-corrected chi connectivity index (χ3v) is 4.92. The minimum atomic E-state index is -0.224. The molecule has 0 spiro atoms. The van der Waals surface area contributed by atoms with Gasteiger partial charge in [-0.05, 0) is 51.6 Å². The van der Waals surface area contributed by atoms with Crippen LogP contribution < -0.4 is 0 Å². The fraction of sp³-hybridized carbons (Fsp3) is 1.00. The Labute approximate surface area is 141 Å². The molecule has 0 radical (unpaired) electrons. The number of nitrogens with zero attached hydrogens (tertiary/aromatic N) is 1. The highest BCUT2D eigenvalue weighted by atomic mass is 16.7. The summed E-state index contributed by atoms with van der Waals surface area (Å²) >= 11 is 0. The van der Waals surface area contributed by atoms with Crippen LogP contribution in [0.3, 0.4) is 0 Å². The van der Waals surface area contributed by atoms with Crippen LogP contribution in [0.25, 0.3) is 0 Å². The van der Waals surface area contributed by atoms with Crippen molar-refractivity contribution in [3.8, 4) is 0 Å². The van der Waals surface area contributed by atoms with Crippen molar-refractivity contribution >= 4 is 0 Å². The van der Waals surface area contributed by atoms with Crippen LogP contribution >= 0.6 is 0 Å². The zero-order chi connectivity index (χ0) is 16.7.